The van der Waals surface area contributed by atoms with E-state index < -0.39 is 12.1 Å². The molecule has 1 aliphatic carbocycles. The topological polar surface area (TPSA) is 57.8 Å². The molecule has 4 nitrogen and oxygen atoms in total. The normalized spacial score (nSPS) is 20.8. The molecule has 1 amide bonds. The van der Waals surface area contributed by atoms with Crippen molar-refractivity contribution >= 4 is 21.8 Å². The molecule has 0 aliphatic heterocycles. The summed E-state index contributed by atoms with van der Waals surface area (Å²) in [5, 5.41) is 1.99. The van der Waals surface area contributed by atoms with E-state index in [1.807, 2.05) is 35.8 Å². The smallest absolute Gasteiger partial charge is 0.348 e. The minimum absolute atomic E-state index is 0.0759. The number of imidazole rings is 1. The molecule has 2 N–H and O–H groups in total. The van der Waals surface area contributed by atoms with Gasteiger partial charge in [-0.25, -0.2) is 4.98 Å². The number of hydrogen-bond acceptors (Lipinski definition) is 2. The van der Waals surface area contributed by atoms with E-state index in [9.17, 15) is 18.0 Å². The molecule has 2 aromatic rings. The van der Waals surface area contributed by atoms with Crippen LogP contribution in [0.25, 0.3) is 11.3 Å². The third kappa shape index (κ3) is 4.66. The van der Waals surface area contributed by atoms with Gasteiger partial charge in [0.05, 0.1) is 5.69 Å². The lowest BCUT2D eigenvalue weighted by Gasteiger charge is -2.27. The van der Waals surface area contributed by atoms with Gasteiger partial charge >= 0.3 is 12.1 Å². The zero-order valence-corrected chi connectivity index (χ0v) is 15.5. The SMILES string of the molecule is O=C(NCC1CCC(c2nc(-c3cccc(Br)c3)c[nH]2)CC1)C(F)(F)F. The van der Waals surface area contributed by atoms with Crippen LogP contribution in [0.15, 0.2) is 34.9 Å². The molecular formula is C18H19BrF3N3O. The summed E-state index contributed by atoms with van der Waals surface area (Å²) in [6, 6.07) is 7.90. The maximum atomic E-state index is 12.2. The molecule has 1 fully saturated rings. The van der Waals surface area contributed by atoms with Gasteiger partial charge in [0, 0.05) is 28.7 Å². The molecule has 140 valence electrons. The Morgan fingerprint density at radius 3 is 2.65 bits per heavy atom. The molecule has 1 aromatic heterocycles. The van der Waals surface area contributed by atoms with E-state index in [0.29, 0.717) is 0 Å². The van der Waals surface area contributed by atoms with E-state index >= 15 is 0 Å². The van der Waals surface area contributed by atoms with E-state index in [4.69, 9.17) is 0 Å². The molecule has 1 heterocycles. The van der Waals surface area contributed by atoms with Gasteiger partial charge in [-0.2, -0.15) is 13.2 Å². The number of halogens is 4. The number of amides is 1. The molecule has 1 saturated carbocycles. The largest absolute Gasteiger partial charge is 0.471 e. The van der Waals surface area contributed by atoms with E-state index in [1.165, 1.54) is 0 Å². The van der Waals surface area contributed by atoms with E-state index in [2.05, 4.69) is 25.9 Å². The van der Waals surface area contributed by atoms with Crippen LogP contribution in [0.5, 0.6) is 0 Å². The van der Waals surface area contributed by atoms with Crippen molar-refractivity contribution in [2.75, 3.05) is 6.54 Å². The number of aromatic amines is 1. The average molecular weight is 430 g/mol. The second kappa shape index (κ2) is 7.82. The summed E-state index contributed by atoms with van der Waals surface area (Å²) >= 11 is 3.45. The number of benzene rings is 1. The third-order valence-electron chi connectivity index (χ3n) is 4.76. The first-order valence-electron chi connectivity index (χ1n) is 8.49. The average Bonchev–Trinajstić information content (AvgIpc) is 3.09. The van der Waals surface area contributed by atoms with Crippen molar-refractivity contribution in [1.29, 1.82) is 0 Å². The van der Waals surface area contributed by atoms with Crippen molar-refractivity contribution < 1.29 is 18.0 Å². The molecule has 1 aliphatic rings. The lowest BCUT2D eigenvalue weighted by atomic mass is 9.81. The number of nitrogens with zero attached hydrogens (tertiary/aromatic N) is 1. The lowest BCUT2D eigenvalue weighted by molar-refractivity contribution is -0.173. The second-order valence-corrected chi connectivity index (χ2v) is 7.52. The minimum Gasteiger partial charge on any atom is -0.348 e. The van der Waals surface area contributed by atoms with Gasteiger partial charge in [-0.3, -0.25) is 4.79 Å². The quantitative estimate of drug-likeness (QED) is 0.733. The number of alkyl halides is 3. The summed E-state index contributed by atoms with van der Waals surface area (Å²) in [4.78, 5) is 18.8. The molecule has 0 spiro atoms. The van der Waals surface area contributed by atoms with Gasteiger partial charge in [-0.05, 0) is 43.7 Å². The van der Waals surface area contributed by atoms with Crippen molar-refractivity contribution in [1.82, 2.24) is 15.3 Å². The first-order chi connectivity index (χ1) is 12.3. The van der Waals surface area contributed by atoms with Crippen LogP contribution in [-0.4, -0.2) is 28.6 Å². The van der Waals surface area contributed by atoms with E-state index in [1.54, 1.807) is 0 Å². The highest BCUT2D eigenvalue weighted by atomic mass is 79.9. The van der Waals surface area contributed by atoms with Crippen molar-refractivity contribution in [3.63, 3.8) is 0 Å². The van der Waals surface area contributed by atoms with Crippen LogP contribution >= 0.6 is 15.9 Å². The van der Waals surface area contributed by atoms with E-state index in [0.717, 1.165) is 47.2 Å². The Morgan fingerprint density at radius 2 is 2.00 bits per heavy atom. The summed E-state index contributed by atoms with van der Waals surface area (Å²) in [5.74, 6) is -0.593. The maximum absolute atomic E-state index is 12.2. The molecule has 1 aromatic carbocycles. The Labute approximate surface area is 157 Å². The summed E-state index contributed by atoms with van der Waals surface area (Å²) in [6.07, 6.45) is 0.308. The molecule has 0 bridgehead atoms. The fraction of sp³-hybridized carbons (Fsp3) is 0.444. The monoisotopic (exact) mass is 429 g/mol. The van der Waals surface area contributed by atoms with Gasteiger partial charge < -0.3 is 10.3 Å². The highest BCUT2D eigenvalue weighted by Gasteiger charge is 2.38. The standard InChI is InChI=1S/C18H19BrF3N3O/c19-14-3-1-2-13(8-14)15-10-23-16(25-15)12-6-4-11(5-7-12)9-24-17(26)18(20,21)22/h1-3,8,10-12H,4-7,9H2,(H,23,25)(H,24,26). The van der Waals surface area contributed by atoms with Crippen LogP contribution in [-0.2, 0) is 4.79 Å². The molecule has 0 atom stereocenters. The first-order valence-corrected chi connectivity index (χ1v) is 9.28. The van der Waals surface area contributed by atoms with Gasteiger partial charge in [0.1, 0.15) is 5.82 Å². The van der Waals surface area contributed by atoms with Gasteiger partial charge in [0.2, 0.25) is 0 Å². The predicted octanol–water partition coefficient (Wildman–Crippen LogP) is 4.79. The predicted molar refractivity (Wildman–Crippen MR) is 95.5 cm³/mol. The van der Waals surface area contributed by atoms with Crippen LogP contribution in [0.3, 0.4) is 0 Å². The molecule has 0 saturated heterocycles. The van der Waals surface area contributed by atoms with Crippen LogP contribution in [0, 0.1) is 5.92 Å². The minimum atomic E-state index is -4.81. The molecule has 3 rings (SSSR count). The van der Waals surface area contributed by atoms with Crippen molar-refractivity contribution in [2.45, 2.75) is 37.8 Å². The number of carbonyl (C=O) groups is 1. The number of rotatable bonds is 4. The summed E-state index contributed by atoms with van der Waals surface area (Å²) in [7, 11) is 0. The zero-order chi connectivity index (χ0) is 18.7. The second-order valence-electron chi connectivity index (χ2n) is 6.61. The Balaban J connectivity index is 1.53. The number of nitrogens with one attached hydrogen (secondary N) is 2. The first kappa shape index (κ1) is 18.9. The Bertz CT molecular complexity index is 767. The van der Waals surface area contributed by atoms with Crippen molar-refractivity contribution in [3.05, 3.63) is 40.8 Å². The fourth-order valence-electron chi connectivity index (χ4n) is 3.32. The number of hydrogen-bond donors (Lipinski definition) is 2. The maximum Gasteiger partial charge on any atom is 0.471 e. The Kier molecular flexibility index (Phi) is 5.70. The summed E-state index contributed by atoms with van der Waals surface area (Å²) in [5.41, 5.74) is 1.89. The molecular weight excluding hydrogens is 411 g/mol. The number of carbonyl (C=O) groups excluding carboxylic acids is 1. The highest BCUT2D eigenvalue weighted by Crippen LogP contribution is 2.35. The molecule has 26 heavy (non-hydrogen) atoms. The van der Waals surface area contributed by atoms with Crippen molar-refractivity contribution in [2.24, 2.45) is 5.92 Å². The zero-order valence-electron chi connectivity index (χ0n) is 13.9. The van der Waals surface area contributed by atoms with Crippen LogP contribution in [0.2, 0.25) is 0 Å². The lowest BCUT2D eigenvalue weighted by Crippen LogP contribution is -2.39. The van der Waals surface area contributed by atoms with E-state index in [-0.39, 0.29) is 18.4 Å². The van der Waals surface area contributed by atoms with Gasteiger partial charge in [-0.1, -0.05) is 28.1 Å². The Morgan fingerprint density at radius 1 is 1.27 bits per heavy atom. The number of H-pyrrole nitrogens is 1. The molecule has 0 unspecified atom stereocenters. The fourth-order valence-corrected chi connectivity index (χ4v) is 3.72. The van der Waals surface area contributed by atoms with Gasteiger partial charge in [0.15, 0.2) is 0 Å². The third-order valence-corrected chi connectivity index (χ3v) is 5.25. The van der Waals surface area contributed by atoms with Crippen molar-refractivity contribution in [3.8, 4) is 11.3 Å². The molecule has 8 heteroatoms. The summed E-state index contributed by atoms with van der Waals surface area (Å²) < 4.78 is 37.7. The van der Waals surface area contributed by atoms with Gasteiger partial charge in [0.25, 0.3) is 0 Å². The van der Waals surface area contributed by atoms with Gasteiger partial charge in [-0.15, -0.1) is 0 Å². The van der Waals surface area contributed by atoms with Crippen LogP contribution in [0.1, 0.15) is 37.4 Å². The summed E-state index contributed by atoms with van der Waals surface area (Å²) in [6.45, 7) is 0.0759. The number of aromatic nitrogens is 2. The van der Waals surface area contributed by atoms with Crippen LogP contribution in [0.4, 0.5) is 13.2 Å². The van der Waals surface area contributed by atoms with Crippen LogP contribution < -0.4 is 5.32 Å². The Hall–Kier alpha value is -1.83. The molecule has 0 radical (unpaired) electrons. The highest BCUT2D eigenvalue weighted by molar-refractivity contribution is 9.10.